The van der Waals surface area contributed by atoms with E-state index >= 15 is 0 Å². The first-order valence-electron chi connectivity index (χ1n) is 4.24. The molecule has 1 saturated carbocycles. The molecule has 1 aliphatic rings. The van der Waals surface area contributed by atoms with Crippen molar-refractivity contribution in [3.63, 3.8) is 0 Å². The molecule has 0 saturated heterocycles. The van der Waals surface area contributed by atoms with Gasteiger partial charge in [0.05, 0.1) is 0 Å². The Bertz CT molecular complexity index is 81.8. The summed E-state index contributed by atoms with van der Waals surface area (Å²) in [6.45, 7) is 3.89. The predicted molar refractivity (Wildman–Crippen MR) is 55.3 cm³/mol. The van der Waals surface area contributed by atoms with Gasteiger partial charge in [0.25, 0.3) is 0 Å². The van der Waals surface area contributed by atoms with Crippen molar-refractivity contribution < 1.29 is 69.5 Å². The molecule has 6 heteroatoms. The fourth-order valence-corrected chi connectivity index (χ4v) is 1.21. The second-order valence-electron chi connectivity index (χ2n) is 2.65. The van der Waals surface area contributed by atoms with Gasteiger partial charge in [-0.2, -0.15) is 12.0 Å². The van der Waals surface area contributed by atoms with E-state index in [9.17, 15) is 0 Å². The summed E-state index contributed by atoms with van der Waals surface area (Å²) in [6.07, 6.45) is 4.80. The average Bonchev–Trinajstić information content (AvgIpc) is 2.17. The Morgan fingerprint density at radius 2 is 1.40 bits per heavy atom. The molecule has 95 valence electrons. The molecule has 1 radical (unpaired) electrons. The Labute approximate surface area is 133 Å². The monoisotopic (exact) mass is 477 g/mol. The number of rotatable bonds is 0. The molecule has 5 N–H and O–H groups in total. The van der Waals surface area contributed by atoms with Crippen LogP contribution in [0.2, 0.25) is 0 Å². The summed E-state index contributed by atoms with van der Waals surface area (Å²) in [5, 5.41) is 14.0. The van der Waals surface area contributed by atoms with Gasteiger partial charge in [-0.25, -0.2) is 0 Å². The van der Waals surface area contributed by atoms with E-state index in [-0.39, 0.29) is 65.3 Å². The molecular weight excluding hydrogens is 454 g/mol. The number of hydrogen-bond acceptors (Lipinski definition) is 2. The minimum atomic E-state index is 0. The molecule has 0 aromatic rings. The molecule has 0 bridgehead atoms. The number of hydrogen-bond donors (Lipinski definition) is 2. The van der Waals surface area contributed by atoms with E-state index in [1.165, 1.54) is 19.3 Å². The van der Waals surface area contributed by atoms with Crippen LogP contribution in [-0.2, 0) is 53.8 Å². The van der Waals surface area contributed by atoms with Crippen LogP contribution in [-0.4, -0.2) is 36.0 Å². The van der Waals surface area contributed by atoms with Crippen molar-refractivity contribution in [2.24, 2.45) is 5.92 Å². The summed E-state index contributed by atoms with van der Waals surface area (Å²) in [6, 6.07) is 0.142. The van der Waals surface area contributed by atoms with Gasteiger partial charge in [-0.15, -0.1) is 0 Å². The van der Waals surface area contributed by atoms with E-state index in [2.05, 4.69) is 6.92 Å². The average molecular weight is 477 g/mol. The Hall–Kier alpha value is 1.63. The molecule has 1 fully saturated rings. The van der Waals surface area contributed by atoms with Crippen molar-refractivity contribution in [1.82, 2.24) is 0 Å². The summed E-state index contributed by atoms with van der Waals surface area (Å²) >= 11 is 0. The number of aliphatic hydroxyl groups is 2. The fourth-order valence-electron chi connectivity index (χ4n) is 1.21. The van der Waals surface area contributed by atoms with Crippen molar-refractivity contribution in [3.05, 3.63) is 12.7 Å². The van der Waals surface area contributed by atoms with Gasteiger partial charge in [0.1, 0.15) is 0 Å². The Kier molecular flexibility index (Phi) is 49.5. The quantitative estimate of drug-likeness (QED) is 0.506. The number of aliphatic hydroxyl groups excluding tert-OH is 2. The fraction of sp³-hybridized carbons (Fsp3) is 0.889. The molecule has 2 unspecified atom stereocenters. The van der Waals surface area contributed by atoms with E-state index in [1.54, 1.807) is 0 Å². The third kappa shape index (κ3) is 18.2. The minimum absolute atomic E-state index is 0. The van der Waals surface area contributed by atoms with Gasteiger partial charge in [0.2, 0.25) is 0 Å². The van der Waals surface area contributed by atoms with E-state index in [0.29, 0.717) is 5.92 Å². The third-order valence-corrected chi connectivity index (χ3v) is 1.91. The molecular formula is C9H23NO3PtY. The predicted octanol–water partition coefficient (Wildman–Crippen LogP) is 0.819. The standard InChI is InChI=1S/C7H13N.2CH4O.H2O.Pt.Y/c1-6-4-2-3-5-7(6)8;2*1-2;;;/h6-8H,1-5H2;2*2H,1H3;1H2;;/q-2;;;;+2;. The minimum Gasteiger partial charge on any atom is -0.677 e. The first-order chi connectivity index (χ1) is 5.80. The normalized spacial score (nSPS) is 22.0. The molecule has 0 spiro atoms. The van der Waals surface area contributed by atoms with Crippen molar-refractivity contribution >= 4 is 0 Å². The van der Waals surface area contributed by atoms with Gasteiger partial charge in [-0.05, 0) is 0 Å². The molecule has 0 aromatic heterocycles. The van der Waals surface area contributed by atoms with Crippen LogP contribution in [0, 0.1) is 12.8 Å². The zero-order chi connectivity index (χ0) is 9.98. The van der Waals surface area contributed by atoms with Crippen molar-refractivity contribution in [2.45, 2.75) is 31.7 Å². The van der Waals surface area contributed by atoms with Gasteiger partial charge >= 0.3 is 21.1 Å². The van der Waals surface area contributed by atoms with Crippen LogP contribution in [0.5, 0.6) is 0 Å². The largest absolute Gasteiger partial charge is 2.00 e. The molecule has 0 heterocycles. The summed E-state index contributed by atoms with van der Waals surface area (Å²) in [5.74, 6) is 0.420. The first-order valence-corrected chi connectivity index (χ1v) is 4.24. The van der Waals surface area contributed by atoms with Gasteiger partial charge < -0.3 is 28.3 Å². The van der Waals surface area contributed by atoms with Crippen LogP contribution in [0.15, 0.2) is 0 Å². The molecule has 2 atom stereocenters. The summed E-state index contributed by atoms with van der Waals surface area (Å²) in [5.41, 5.74) is 7.42. The molecule has 1 aliphatic carbocycles. The smallest absolute Gasteiger partial charge is 0.677 e. The summed E-state index contributed by atoms with van der Waals surface area (Å²) < 4.78 is 0. The van der Waals surface area contributed by atoms with Gasteiger partial charge in [0, 0.05) is 46.9 Å². The molecule has 4 nitrogen and oxygen atoms in total. The van der Waals surface area contributed by atoms with E-state index in [0.717, 1.165) is 20.6 Å². The zero-order valence-electron chi connectivity index (χ0n) is 9.48. The zero-order valence-corrected chi connectivity index (χ0v) is 14.6. The summed E-state index contributed by atoms with van der Waals surface area (Å²) in [4.78, 5) is 0. The molecule has 1 rings (SSSR count). The summed E-state index contributed by atoms with van der Waals surface area (Å²) in [7, 11) is 2.00. The molecule has 15 heavy (non-hydrogen) atoms. The van der Waals surface area contributed by atoms with E-state index < -0.39 is 0 Å². The third-order valence-electron chi connectivity index (χ3n) is 1.91. The Morgan fingerprint density at radius 1 is 1.07 bits per heavy atom. The van der Waals surface area contributed by atoms with Gasteiger partial charge in [-0.1, -0.05) is 25.7 Å². The van der Waals surface area contributed by atoms with E-state index in [4.69, 9.17) is 15.9 Å². The van der Waals surface area contributed by atoms with E-state index in [1.807, 2.05) is 0 Å². The maximum atomic E-state index is 7.42. The molecule has 0 aliphatic heterocycles. The number of nitrogens with one attached hydrogen (secondary N) is 1. The van der Waals surface area contributed by atoms with Crippen LogP contribution < -0.4 is 0 Å². The van der Waals surface area contributed by atoms with Crippen molar-refractivity contribution in [3.8, 4) is 0 Å². The SMILES string of the molecule is CO.CO.O.[CH2-]C1CCCCC1[NH-].[Pt+2].[Y]. The Morgan fingerprint density at radius 3 is 1.60 bits per heavy atom. The maximum absolute atomic E-state index is 7.42. The molecule has 0 aromatic carbocycles. The maximum Gasteiger partial charge on any atom is 2.00 e. The van der Waals surface area contributed by atoms with Crippen LogP contribution in [0.25, 0.3) is 5.73 Å². The van der Waals surface area contributed by atoms with Crippen LogP contribution in [0.1, 0.15) is 25.7 Å². The van der Waals surface area contributed by atoms with Crippen LogP contribution >= 0.6 is 0 Å². The van der Waals surface area contributed by atoms with Gasteiger partial charge in [0.15, 0.2) is 0 Å². The van der Waals surface area contributed by atoms with Crippen LogP contribution in [0.3, 0.4) is 0 Å². The topological polar surface area (TPSA) is 95.8 Å². The first kappa shape index (κ1) is 30.0. The second kappa shape index (κ2) is 24.7. The van der Waals surface area contributed by atoms with Crippen molar-refractivity contribution in [2.75, 3.05) is 14.2 Å². The van der Waals surface area contributed by atoms with Gasteiger partial charge in [-0.3, -0.25) is 0 Å². The Balaban J connectivity index is -0.0000000432. The van der Waals surface area contributed by atoms with Crippen molar-refractivity contribution in [1.29, 1.82) is 0 Å². The second-order valence-corrected chi connectivity index (χ2v) is 2.65. The molecule has 0 amide bonds. The van der Waals surface area contributed by atoms with Crippen LogP contribution in [0.4, 0.5) is 0 Å².